The van der Waals surface area contributed by atoms with Gasteiger partial charge in [0.25, 0.3) is 0 Å². The lowest BCUT2D eigenvalue weighted by atomic mass is 10.2. The molecule has 0 atom stereocenters. The molecule has 1 rings (SSSR count). The topological polar surface area (TPSA) is 37.3 Å². The number of hydrogen-bond acceptors (Lipinski definition) is 2. The number of thioether (sulfide) groups is 1. The predicted molar refractivity (Wildman–Crippen MR) is 54.2 cm³/mol. The molecule has 0 aliphatic rings. The fourth-order valence-electron chi connectivity index (χ4n) is 0.967. The second-order valence-corrected chi connectivity index (χ2v) is 3.89. The molecule has 0 aliphatic heterocycles. The van der Waals surface area contributed by atoms with Crippen molar-refractivity contribution in [2.75, 3.05) is 5.75 Å². The first kappa shape index (κ1) is 10.1. The van der Waals surface area contributed by atoms with Gasteiger partial charge >= 0.3 is 5.97 Å². The molecule has 0 spiro atoms. The average Bonchev–Trinajstić information content (AvgIpc) is 2.08. The molecule has 2 nitrogen and oxygen atoms in total. The van der Waals surface area contributed by atoms with Crippen LogP contribution in [0.2, 0.25) is 0 Å². The highest BCUT2D eigenvalue weighted by Gasteiger charge is 2.00. The normalized spacial score (nSPS) is 9.92. The van der Waals surface area contributed by atoms with E-state index in [2.05, 4.69) is 0 Å². The van der Waals surface area contributed by atoms with E-state index in [-0.39, 0.29) is 6.42 Å². The lowest BCUT2D eigenvalue weighted by Gasteiger charge is -2.02. The molecule has 1 N–H and O–H groups in total. The zero-order valence-electron chi connectivity index (χ0n) is 7.49. The van der Waals surface area contributed by atoms with E-state index in [0.29, 0.717) is 5.75 Å². The van der Waals surface area contributed by atoms with Crippen LogP contribution in [-0.4, -0.2) is 16.8 Å². The molecular formula is C10H12O2S. The van der Waals surface area contributed by atoms with Gasteiger partial charge in [0.05, 0.1) is 6.42 Å². The van der Waals surface area contributed by atoms with Crippen molar-refractivity contribution < 1.29 is 9.90 Å². The highest BCUT2D eigenvalue weighted by atomic mass is 32.2. The number of benzene rings is 1. The summed E-state index contributed by atoms with van der Waals surface area (Å²) in [6.45, 7) is 2.03. The van der Waals surface area contributed by atoms with E-state index in [0.717, 1.165) is 0 Å². The van der Waals surface area contributed by atoms with E-state index in [1.165, 1.54) is 10.5 Å². The summed E-state index contributed by atoms with van der Waals surface area (Å²) in [5.41, 5.74) is 1.21. The average molecular weight is 196 g/mol. The van der Waals surface area contributed by atoms with E-state index in [4.69, 9.17) is 5.11 Å². The van der Waals surface area contributed by atoms with Crippen molar-refractivity contribution in [2.24, 2.45) is 0 Å². The van der Waals surface area contributed by atoms with Gasteiger partial charge in [0.15, 0.2) is 0 Å². The largest absolute Gasteiger partial charge is 0.481 e. The second kappa shape index (κ2) is 4.92. The Morgan fingerprint density at radius 1 is 1.46 bits per heavy atom. The molecule has 70 valence electrons. The Labute approximate surface area is 82.0 Å². The van der Waals surface area contributed by atoms with Crippen LogP contribution in [0, 0.1) is 6.92 Å². The number of aliphatic carboxylic acids is 1. The van der Waals surface area contributed by atoms with E-state index < -0.39 is 5.97 Å². The van der Waals surface area contributed by atoms with Gasteiger partial charge in [-0.05, 0) is 18.6 Å². The van der Waals surface area contributed by atoms with Gasteiger partial charge in [-0.1, -0.05) is 18.2 Å². The molecular weight excluding hydrogens is 184 g/mol. The fraction of sp³-hybridized carbons (Fsp3) is 0.300. The van der Waals surface area contributed by atoms with E-state index >= 15 is 0 Å². The van der Waals surface area contributed by atoms with Gasteiger partial charge in [0.2, 0.25) is 0 Å². The van der Waals surface area contributed by atoms with Gasteiger partial charge < -0.3 is 5.11 Å². The van der Waals surface area contributed by atoms with Crippen molar-refractivity contribution >= 4 is 17.7 Å². The monoisotopic (exact) mass is 196 g/mol. The Morgan fingerprint density at radius 2 is 2.15 bits per heavy atom. The van der Waals surface area contributed by atoms with Crippen LogP contribution in [0.1, 0.15) is 12.0 Å². The second-order valence-electron chi connectivity index (χ2n) is 2.76. The third kappa shape index (κ3) is 3.51. The third-order valence-corrected chi connectivity index (χ3v) is 2.84. The number of hydrogen-bond donors (Lipinski definition) is 1. The number of carboxylic acids is 1. The van der Waals surface area contributed by atoms with Crippen molar-refractivity contribution in [1.29, 1.82) is 0 Å². The first-order valence-corrected chi connectivity index (χ1v) is 5.09. The zero-order chi connectivity index (χ0) is 9.68. The summed E-state index contributed by atoms with van der Waals surface area (Å²) in [7, 11) is 0. The maximum Gasteiger partial charge on any atom is 0.304 e. The first-order chi connectivity index (χ1) is 6.20. The number of carboxylic acid groups (broad SMARTS) is 1. The van der Waals surface area contributed by atoms with Gasteiger partial charge in [-0.2, -0.15) is 0 Å². The van der Waals surface area contributed by atoms with Crippen molar-refractivity contribution in [2.45, 2.75) is 18.2 Å². The van der Waals surface area contributed by atoms with Crippen LogP contribution in [0.4, 0.5) is 0 Å². The summed E-state index contributed by atoms with van der Waals surface area (Å²) in [6.07, 6.45) is 0.221. The molecule has 0 aliphatic carbocycles. The van der Waals surface area contributed by atoms with Crippen LogP contribution in [0.3, 0.4) is 0 Å². The smallest absolute Gasteiger partial charge is 0.304 e. The maximum absolute atomic E-state index is 10.3. The molecule has 0 unspecified atom stereocenters. The Balaban J connectivity index is 2.45. The molecule has 3 heteroatoms. The first-order valence-electron chi connectivity index (χ1n) is 4.10. The minimum Gasteiger partial charge on any atom is -0.481 e. The summed E-state index contributed by atoms with van der Waals surface area (Å²) in [6, 6.07) is 8.00. The van der Waals surface area contributed by atoms with Gasteiger partial charge in [-0.3, -0.25) is 4.79 Å². The van der Waals surface area contributed by atoms with Gasteiger partial charge in [0.1, 0.15) is 0 Å². The Bertz CT molecular complexity index is 297. The number of aryl methyl sites for hydroxylation is 1. The molecule has 0 amide bonds. The molecule has 1 aromatic rings. The maximum atomic E-state index is 10.3. The molecule has 13 heavy (non-hydrogen) atoms. The number of rotatable bonds is 4. The molecule has 0 bridgehead atoms. The van der Waals surface area contributed by atoms with E-state index in [9.17, 15) is 4.79 Å². The van der Waals surface area contributed by atoms with E-state index in [1.807, 2.05) is 31.2 Å². The van der Waals surface area contributed by atoms with Crippen LogP contribution in [0.5, 0.6) is 0 Å². The lowest BCUT2D eigenvalue weighted by Crippen LogP contribution is -1.95. The fourth-order valence-corrected chi connectivity index (χ4v) is 1.93. The van der Waals surface area contributed by atoms with Crippen LogP contribution >= 0.6 is 11.8 Å². The highest BCUT2D eigenvalue weighted by molar-refractivity contribution is 7.99. The molecule has 0 heterocycles. The van der Waals surface area contributed by atoms with E-state index in [1.54, 1.807) is 11.8 Å². The summed E-state index contributed by atoms with van der Waals surface area (Å²) in [5, 5.41) is 8.45. The SMILES string of the molecule is Cc1ccccc1SCCC(=O)O. The Kier molecular flexibility index (Phi) is 3.83. The molecule has 0 saturated heterocycles. The molecule has 0 fully saturated rings. The Morgan fingerprint density at radius 3 is 2.77 bits per heavy atom. The summed E-state index contributed by atoms with van der Waals surface area (Å²) in [4.78, 5) is 11.4. The molecule has 0 radical (unpaired) electrons. The summed E-state index contributed by atoms with van der Waals surface area (Å²) >= 11 is 1.59. The van der Waals surface area contributed by atoms with Gasteiger partial charge in [0, 0.05) is 10.6 Å². The van der Waals surface area contributed by atoms with Gasteiger partial charge in [-0.25, -0.2) is 0 Å². The quantitative estimate of drug-likeness (QED) is 0.752. The van der Waals surface area contributed by atoms with Crippen molar-refractivity contribution in [3.05, 3.63) is 29.8 Å². The molecule has 0 aromatic heterocycles. The third-order valence-electron chi connectivity index (χ3n) is 1.67. The summed E-state index contributed by atoms with van der Waals surface area (Å²) in [5.74, 6) is -0.0960. The molecule has 1 aromatic carbocycles. The van der Waals surface area contributed by atoms with Crippen LogP contribution in [0.15, 0.2) is 29.2 Å². The van der Waals surface area contributed by atoms with Crippen molar-refractivity contribution in [1.82, 2.24) is 0 Å². The highest BCUT2D eigenvalue weighted by Crippen LogP contribution is 2.22. The minimum atomic E-state index is -0.735. The minimum absolute atomic E-state index is 0.221. The standard InChI is InChI=1S/C10H12O2S/c1-8-4-2-3-5-9(8)13-7-6-10(11)12/h2-5H,6-7H2,1H3,(H,11,12). The van der Waals surface area contributed by atoms with Crippen LogP contribution in [-0.2, 0) is 4.79 Å². The zero-order valence-corrected chi connectivity index (χ0v) is 8.30. The van der Waals surface area contributed by atoms with Crippen LogP contribution < -0.4 is 0 Å². The van der Waals surface area contributed by atoms with Crippen LogP contribution in [0.25, 0.3) is 0 Å². The van der Waals surface area contributed by atoms with Crippen molar-refractivity contribution in [3.63, 3.8) is 0 Å². The Hall–Kier alpha value is -0.960. The molecule has 0 saturated carbocycles. The number of carbonyl (C=O) groups is 1. The lowest BCUT2D eigenvalue weighted by molar-refractivity contribution is -0.136. The predicted octanol–water partition coefficient (Wildman–Crippen LogP) is 2.56. The van der Waals surface area contributed by atoms with Crippen molar-refractivity contribution in [3.8, 4) is 0 Å². The summed E-state index contributed by atoms with van der Waals surface area (Å²) < 4.78 is 0. The van der Waals surface area contributed by atoms with Gasteiger partial charge in [-0.15, -0.1) is 11.8 Å².